The van der Waals surface area contributed by atoms with E-state index in [4.69, 9.17) is 29.9 Å². The number of aryl methyl sites for hydroxylation is 1. The number of morpholine rings is 1. The fourth-order valence-corrected chi connectivity index (χ4v) is 3.93. The van der Waals surface area contributed by atoms with Crippen molar-refractivity contribution in [1.82, 2.24) is 19.4 Å². The van der Waals surface area contributed by atoms with E-state index in [0.717, 1.165) is 44.8 Å². The molecule has 3 heterocycles. The molecule has 4 rings (SSSR count). The fraction of sp³-hybridized carbons (Fsp3) is 0.500. The molecule has 1 aliphatic heterocycles. The van der Waals surface area contributed by atoms with Gasteiger partial charge in [0, 0.05) is 33.3 Å². The lowest BCUT2D eigenvalue weighted by molar-refractivity contribution is 0.0123. The summed E-state index contributed by atoms with van der Waals surface area (Å²) in [6.07, 6.45) is 0.474. The van der Waals surface area contributed by atoms with Crippen molar-refractivity contribution in [2.24, 2.45) is 0 Å². The number of methoxy groups -OCH3 is 1. The number of para-hydroxylation sites is 2. The third-order valence-corrected chi connectivity index (χ3v) is 5.47. The number of ether oxygens (including phenoxy) is 3. The molecule has 9 heteroatoms. The molecule has 1 aromatic carbocycles. The number of carbonyl (C=O) groups excluding carboxylic acids is 1. The van der Waals surface area contributed by atoms with Crippen LogP contribution in [0, 0.1) is 0 Å². The van der Waals surface area contributed by atoms with Crippen LogP contribution in [0.3, 0.4) is 0 Å². The second-order valence-corrected chi connectivity index (χ2v) is 7.78. The van der Waals surface area contributed by atoms with Gasteiger partial charge in [0.1, 0.15) is 23.0 Å². The molecular weight excluding hydrogens is 398 g/mol. The molecule has 0 bridgehead atoms. The summed E-state index contributed by atoms with van der Waals surface area (Å²) in [5.74, 6) is -0.175. The van der Waals surface area contributed by atoms with Crippen molar-refractivity contribution in [2.75, 3.05) is 52.3 Å². The van der Waals surface area contributed by atoms with Crippen LogP contribution in [0.25, 0.3) is 22.2 Å². The number of esters is 1. The van der Waals surface area contributed by atoms with Gasteiger partial charge in [-0.25, -0.2) is 14.8 Å². The van der Waals surface area contributed by atoms with Gasteiger partial charge in [-0.1, -0.05) is 12.1 Å². The van der Waals surface area contributed by atoms with Gasteiger partial charge in [-0.2, -0.15) is 0 Å². The molecule has 1 fully saturated rings. The van der Waals surface area contributed by atoms with E-state index < -0.39 is 12.1 Å². The summed E-state index contributed by atoms with van der Waals surface area (Å²) in [4.78, 5) is 24.8. The highest BCUT2D eigenvalue weighted by Crippen LogP contribution is 2.29. The van der Waals surface area contributed by atoms with E-state index in [9.17, 15) is 4.79 Å². The largest absolute Gasteiger partial charge is 0.456 e. The van der Waals surface area contributed by atoms with E-state index in [-0.39, 0.29) is 5.56 Å². The number of benzene rings is 1. The van der Waals surface area contributed by atoms with Crippen molar-refractivity contribution < 1.29 is 19.0 Å². The fourth-order valence-electron chi connectivity index (χ4n) is 3.93. The Hall–Kier alpha value is -2.75. The lowest BCUT2D eigenvalue weighted by Crippen LogP contribution is -2.37. The van der Waals surface area contributed by atoms with Gasteiger partial charge in [-0.15, -0.1) is 0 Å². The lowest BCUT2D eigenvalue weighted by atomic mass is 10.2. The molecule has 0 spiro atoms. The van der Waals surface area contributed by atoms with Gasteiger partial charge in [-0.05, 0) is 25.5 Å². The van der Waals surface area contributed by atoms with Crippen molar-refractivity contribution in [2.45, 2.75) is 26.0 Å². The van der Waals surface area contributed by atoms with Gasteiger partial charge in [0.25, 0.3) is 0 Å². The smallest absolute Gasteiger partial charge is 0.344 e. The molecule has 0 saturated carbocycles. The van der Waals surface area contributed by atoms with Crippen LogP contribution in [0.15, 0.2) is 24.3 Å². The first-order valence-electron chi connectivity index (χ1n) is 10.6. The first-order chi connectivity index (χ1) is 15.1. The molecule has 3 aromatic rings. The van der Waals surface area contributed by atoms with Crippen LogP contribution in [0.5, 0.6) is 0 Å². The predicted octanol–water partition coefficient (Wildman–Crippen LogP) is 2.08. The maximum atomic E-state index is 13.0. The predicted molar refractivity (Wildman–Crippen MR) is 118 cm³/mol. The Morgan fingerprint density at radius 1 is 1.19 bits per heavy atom. The van der Waals surface area contributed by atoms with Crippen molar-refractivity contribution >= 4 is 34.0 Å². The number of nitrogens with zero attached hydrogens (tertiary/aromatic N) is 4. The number of anilines is 1. The Balaban J connectivity index is 1.67. The Morgan fingerprint density at radius 3 is 2.61 bits per heavy atom. The molecule has 0 radical (unpaired) electrons. The van der Waals surface area contributed by atoms with Gasteiger partial charge in [-0.3, -0.25) is 4.90 Å². The topological polar surface area (TPSA) is 105 Å². The Labute approximate surface area is 181 Å². The van der Waals surface area contributed by atoms with Crippen molar-refractivity contribution in [3.05, 3.63) is 29.8 Å². The minimum Gasteiger partial charge on any atom is -0.456 e. The third-order valence-electron chi connectivity index (χ3n) is 5.47. The molecule has 0 amide bonds. The summed E-state index contributed by atoms with van der Waals surface area (Å²) in [5.41, 5.74) is 9.27. The zero-order chi connectivity index (χ0) is 21.8. The maximum Gasteiger partial charge on any atom is 0.344 e. The van der Waals surface area contributed by atoms with Gasteiger partial charge in [0.2, 0.25) is 0 Å². The molecule has 31 heavy (non-hydrogen) atoms. The second kappa shape index (κ2) is 9.59. The lowest BCUT2D eigenvalue weighted by Gasteiger charge is -2.26. The molecule has 166 valence electrons. The van der Waals surface area contributed by atoms with Gasteiger partial charge in [0.05, 0.1) is 30.9 Å². The molecule has 1 aliphatic rings. The van der Waals surface area contributed by atoms with Crippen LogP contribution in [0.4, 0.5) is 5.82 Å². The molecule has 2 N–H and O–H groups in total. The highest BCUT2D eigenvalue weighted by Gasteiger charge is 2.26. The number of hydrogen-bond acceptors (Lipinski definition) is 8. The van der Waals surface area contributed by atoms with Crippen LogP contribution in [0.2, 0.25) is 0 Å². The molecule has 9 nitrogen and oxygen atoms in total. The highest BCUT2D eigenvalue weighted by atomic mass is 16.6. The zero-order valence-corrected chi connectivity index (χ0v) is 18.0. The summed E-state index contributed by atoms with van der Waals surface area (Å²) in [6.45, 7) is 7.03. The first-order valence-corrected chi connectivity index (χ1v) is 10.6. The third kappa shape index (κ3) is 4.63. The van der Waals surface area contributed by atoms with Crippen molar-refractivity contribution in [3.8, 4) is 0 Å². The van der Waals surface area contributed by atoms with E-state index in [1.165, 1.54) is 0 Å². The molecule has 1 saturated heterocycles. The number of aromatic nitrogens is 3. The summed E-state index contributed by atoms with van der Waals surface area (Å²) >= 11 is 0. The minimum absolute atomic E-state index is 0.266. The van der Waals surface area contributed by atoms with Gasteiger partial charge >= 0.3 is 5.97 Å². The number of nitrogen functional groups attached to an aromatic ring is 1. The summed E-state index contributed by atoms with van der Waals surface area (Å²) in [7, 11) is 1.57. The minimum atomic E-state index is -0.511. The van der Waals surface area contributed by atoms with Crippen LogP contribution in [0.1, 0.15) is 23.7 Å². The average Bonchev–Trinajstić information content (AvgIpc) is 3.03. The number of nitrogens with two attached hydrogens (primary N) is 1. The molecule has 0 unspecified atom stereocenters. The molecule has 0 aliphatic carbocycles. The number of rotatable bonds is 8. The number of carbonyl (C=O) groups is 1. The molecular formula is C22H29N5O4. The molecule has 2 aromatic heterocycles. The van der Waals surface area contributed by atoms with Crippen LogP contribution in [-0.2, 0) is 20.8 Å². The average molecular weight is 428 g/mol. The summed E-state index contributed by atoms with van der Waals surface area (Å²) < 4.78 is 17.9. The SMILES string of the molecule is COC[C@H](C)OC(=O)c1c(N)n(CCCN2CCOCC2)c2nc3ccccc3nc12. The van der Waals surface area contributed by atoms with E-state index >= 15 is 0 Å². The maximum absolute atomic E-state index is 13.0. The number of fused-ring (bicyclic) bond motifs is 2. The Morgan fingerprint density at radius 2 is 1.90 bits per heavy atom. The van der Waals surface area contributed by atoms with Crippen LogP contribution >= 0.6 is 0 Å². The quantitative estimate of drug-likeness (QED) is 0.545. The van der Waals surface area contributed by atoms with E-state index in [0.29, 0.717) is 35.7 Å². The summed E-state index contributed by atoms with van der Waals surface area (Å²) in [6, 6.07) is 7.59. The Bertz CT molecular complexity index is 1060. The van der Waals surface area contributed by atoms with Gasteiger partial charge < -0.3 is 24.5 Å². The standard InChI is InChI=1S/C22H29N5O4/c1-15(14-29-2)31-22(28)18-19-21(25-17-7-4-3-6-16(17)24-19)27(20(18)23)9-5-8-26-10-12-30-13-11-26/h3-4,6-7,15H,5,8-14,23H2,1-2H3/t15-/m0/s1. The first kappa shape index (κ1) is 21.5. The van der Waals surface area contributed by atoms with E-state index in [2.05, 4.69) is 4.90 Å². The summed E-state index contributed by atoms with van der Waals surface area (Å²) in [5, 5.41) is 0. The van der Waals surface area contributed by atoms with E-state index in [1.54, 1.807) is 14.0 Å². The Kier molecular flexibility index (Phi) is 6.64. The van der Waals surface area contributed by atoms with Crippen LogP contribution < -0.4 is 5.73 Å². The van der Waals surface area contributed by atoms with Crippen molar-refractivity contribution in [3.63, 3.8) is 0 Å². The van der Waals surface area contributed by atoms with E-state index in [1.807, 2.05) is 28.8 Å². The van der Waals surface area contributed by atoms with Crippen molar-refractivity contribution in [1.29, 1.82) is 0 Å². The zero-order valence-electron chi connectivity index (χ0n) is 18.0. The monoisotopic (exact) mass is 427 g/mol. The second-order valence-electron chi connectivity index (χ2n) is 7.78. The van der Waals surface area contributed by atoms with Crippen LogP contribution in [-0.4, -0.2) is 78.1 Å². The number of hydrogen-bond donors (Lipinski definition) is 1. The molecule has 1 atom stereocenters. The van der Waals surface area contributed by atoms with Gasteiger partial charge in [0.15, 0.2) is 5.65 Å². The highest BCUT2D eigenvalue weighted by molar-refractivity contribution is 6.08. The normalized spacial score (nSPS) is 16.1.